The van der Waals surface area contributed by atoms with Gasteiger partial charge in [-0.05, 0) is 31.4 Å². The number of thioether (sulfide) groups is 1. The van der Waals surface area contributed by atoms with Gasteiger partial charge in [0, 0.05) is 16.0 Å². The van der Waals surface area contributed by atoms with E-state index in [4.69, 9.17) is 4.74 Å². The van der Waals surface area contributed by atoms with Crippen molar-refractivity contribution in [2.75, 3.05) is 11.6 Å². The van der Waals surface area contributed by atoms with Gasteiger partial charge in [-0.3, -0.25) is 10.1 Å². The van der Waals surface area contributed by atoms with Crippen LogP contribution in [0.3, 0.4) is 0 Å². The van der Waals surface area contributed by atoms with Crippen molar-refractivity contribution in [1.29, 1.82) is 0 Å². The number of fused-ring (bicyclic) bond motifs is 3. The molecule has 4 rings (SSSR count). The number of carbonyl (C=O) groups excluding carboxylic acids is 1. The van der Waals surface area contributed by atoms with E-state index in [2.05, 4.69) is 10.3 Å². The van der Waals surface area contributed by atoms with Gasteiger partial charge in [0.1, 0.15) is 12.4 Å². The van der Waals surface area contributed by atoms with Crippen molar-refractivity contribution >= 4 is 45.5 Å². The van der Waals surface area contributed by atoms with Crippen molar-refractivity contribution in [3.63, 3.8) is 0 Å². The van der Waals surface area contributed by atoms with Crippen LogP contribution in [0.25, 0.3) is 10.4 Å². The molecule has 4 nitrogen and oxygen atoms in total. The van der Waals surface area contributed by atoms with Gasteiger partial charge in [0.2, 0.25) is 0 Å². The van der Waals surface area contributed by atoms with Crippen LogP contribution in [0.4, 0.5) is 5.13 Å². The third-order valence-electron chi connectivity index (χ3n) is 3.71. The number of carbonyl (C=O) groups is 1. The molecule has 1 amide bonds. The highest BCUT2D eigenvalue weighted by molar-refractivity contribution is 8.00. The Hall–Kier alpha value is -1.83. The van der Waals surface area contributed by atoms with E-state index in [1.54, 1.807) is 11.8 Å². The molecule has 0 bridgehead atoms. The molecular formula is C17H14N2O2S3. The largest absolute Gasteiger partial charge is 0.488 e. The minimum absolute atomic E-state index is 0.117. The lowest BCUT2D eigenvalue weighted by Crippen LogP contribution is -2.09. The van der Waals surface area contributed by atoms with Gasteiger partial charge in [0.05, 0.1) is 14.8 Å². The zero-order valence-corrected chi connectivity index (χ0v) is 15.5. The van der Waals surface area contributed by atoms with E-state index in [0.717, 1.165) is 31.7 Å². The van der Waals surface area contributed by atoms with Gasteiger partial charge in [-0.2, -0.15) is 0 Å². The number of hydrogen-bond donors (Lipinski definition) is 1. The standard InChI is InChI=1S/C17H14N2O2S3/c1-9-16(22-2)24-17(18-9)19-15(20)13-7-10-8-21-12-6-4-3-5-11(12)14(10)23-13/h3-7H,8H2,1-2H3,(H,18,19,20). The summed E-state index contributed by atoms with van der Waals surface area (Å²) in [6, 6.07) is 9.85. The van der Waals surface area contributed by atoms with E-state index < -0.39 is 0 Å². The molecule has 0 saturated heterocycles. The van der Waals surface area contributed by atoms with Crippen LogP contribution in [0.1, 0.15) is 20.9 Å². The molecule has 2 aromatic heterocycles. The molecule has 1 N–H and O–H groups in total. The number of thiophene rings is 1. The number of benzene rings is 1. The highest BCUT2D eigenvalue weighted by Crippen LogP contribution is 2.42. The highest BCUT2D eigenvalue weighted by atomic mass is 32.2. The molecule has 0 atom stereocenters. The van der Waals surface area contributed by atoms with Crippen LogP contribution in [0.5, 0.6) is 5.75 Å². The Morgan fingerprint density at radius 1 is 1.33 bits per heavy atom. The summed E-state index contributed by atoms with van der Waals surface area (Å²) in [4.78, 5) is 18.8. The Bertz CT molecular complexity index is 930. The number of thiazole rings is 1. The predicted octanol–water partition coefficient (Wildman–Crippen LogP) is 5.05. The van der Waals surface area contributed by atoms with Crippen LogP contribution in [0.2, 0.25) is 0 Å². The summed E-state index contributed by atoms with van der Waals surface area (Å²) < 4.78 is 6.88. The second-order valence-electron chi connectivity index (χ2n) is 5.30. The molecule has 7 heteroatoms. The monoisotopic (exact) mass is 374 g/mol. The van der Waals surface area contributed by atoms with Gasteiger partial charge in [-0.15, -0.1) is 23.1 Å². The van der Waals surface area contributed by atoms with Crippen LogP contribution in [0.15, 0.2) is 34.5 Å². The molecule has 0 radical (unpaired) electrons. The topological polar surface area (TPSA) is 51.2 Å². The molecule has 0 unspecified atom stereocenters. The average molecular weight is 375 g/mol. The van der Waals surface area contributed by atoms with Gasteiger partial charge in [-0.25, -0.2) is 4.98 Å². The number of ether oxygens (including phenoxy) is 1. The SMILES string of the molecule is CSc1sc(NC(=O)c2cc3c(s2)-c2ccccc2OC3)nc1C. The molecule has 3 heterocycles. The number of nitrogens with one attached hydrogen (secondary N) is 1. The van der Waals surface area contributed by atoms with Crippen molar-refractivity contribution in [2.45, 2.75) is 17.7 Å². The lowest BCUT2D eigenvalue weighted by Gasteiger charge is -2.16. The summed E-state index contributed by atoms with van der Waals surface area (Å²) in [6.45, 7) is 2.46. The normalized spacial score (nSPS) is 12.2. The summed E-state index contributed by atoms with van der Waals surface area (Å²) in [7, 11) is 0. The number of nitrogens with zero attached hydrogens (tertiary/aromatic N) is 1. The molecule has 1 aromatic carbocycles. The Morgan fingerprint density at radius 2 is 2.17 bits per heavy atom. The number of para-hydroxylation sites is 1. The van der Waals surface area contributed by atoms with Crippen LogP contribution < -0.4 is 10.1 Å². The molecule has 3 aromatic rings. The number of aromatic nitrogens is 1. The first-order valence-corrected chi connectivity index (χ1v) is 10.2. The van der Waals surface area contributed by atoms with E-state index >= 15 is 0 Å². The Labute approximate surface area is 151 Å². The van der Waals surface area contributed by atoms with Crippen molar-refractivity contribution in [3.8, 4) is 16.2 Å². The van der Waals surface area contributed by atoms with Gasteiger partial charge in [-0.1, -0.05) is 23.5 Å². The van der Waals surface area contributed by atoms with Gasteiger partial charge < -0.3 is 4.74 Å². The first kappa shape index (κ1) is 15.7. The van der Waals surface area contributed by atoms with E-state index in [1.165, 1.54) is 22.7 Å². The minimum Gasteiger partial charge on any atom is -0.488 e. The summed E-state index contributed by atoms with van der Waals surface area (Å²) in [5.74, 6) is 0.757. The average Bonchev–Trinajstić information content (AvgIpc) is 3.18. The molecule has 122 valence electrons. The fourth-order valence-electron chi connectivity index (χ4n) is 2.60. The maximum absolute atomic E-state index is 12.6. The molecule has 1 aliphatic rings. The highest BCUT2D eigenvalue weighted by Gasteiger charge is 2.23. The van der Waals surface area contributed by atoms with E-state index in [9.17, 15) is 4.79 Å². The number of rotatable bonds is 3. The molecule has 0 saturated carbocycles. The van der Waals surface area contributed by atoms with Crippen molar-refractivity contribution < 1.29 is 9.53 Å². The minimum atomic E-state index is -0.117. The lowest BCUT2D eigenvalue weighted by atomic mass is 10.1. The third kappa shape index (κ3) is 2.72. The molecule has 0 spiro atoms. The Balaban J connectivity index is 1.62. The summed E-state index contributed by atoms with van der Waals surface area (Å²) in [5.41, 5.74) is 3.07. The maximum atomic E-state index is 12.6. The van der Waals surface area contributed by atoms with Crippen molar-refractivity contribution in [3.05, 3.63) is 46.5 Å². The van der Waals surface area contributed by atoms with E-state index in [-0.39, 0.29) is 5.91 Å². The van der Waals surface area contributed by atoms with Gasteiger partial charge >= 0.3 is 0 Å². The van der Waals surface area contributed by atoms with Crippen LogP contribution in [-0.2, 0) is 6.61 Å². The van der Waals surface area contributed by atoms with E-state index in [0.29, 0.717) is 16.6 Å². The second-order valence-corrected chi connectivity index (χ2v) is 8.43. The summed E-state index contributed by atoms with van der Waals surface area (Å²) in [5, 5.41) is 3.56. The fraction of sp³-hybridized carbons (Fsp3) is 0.176. The summed E-state index contributed by atoms with van der Waals surface area (Å²) in [6.07, 6.45) is 2.01. The zero-order chi connectivity index (χ0) is 16.7. The van der Waals surface area contributed by atoms with Crippen molar-refractivity contribution in [2.24, 2.45) is 0 Å². The zero-order valence-electron chi connectivity index (χ0n) is 13.1. The van der Waals surface area contributed by atoms with E-state index in [1.807, 2.05) is 43.5 Å². The van der Waals surface area contributed by atoms with Crippen LogP contribution >= 0.6 is 34.4 Å². The summed E-state index contributed by atoms with van der Waals surface area (Å²) >= 11 is 4.65. The molecule has 0 fully saturated rings. The number of aryl methyl sites for hydroxylation is 1. The molecule has 0 aliphatic carbocycles. The number of amides is 1. The third-order valence-corrected chi connectivity index (χ3v) is 7.20. The molecule has 24 heavy (non-hydrogen) atoms. The second kappa shape index (κ2) is 6.23. The predicted molar refractivity (Wildman–Crippen MR) is 101 cm³/mol. The molecule has 1 aliphatic heterocycles. The lowest BCUT2D eigenvalue weighted by molar-refractivity contribution is 0.103. The van der Waals surface area contributed by atoms with Gasteiger partial charge in [0.25, 0.3) is 5.91 Å². The Morgan fingerprint density at radius 3 is 2.96 bits per heavy atom. The Kier molecular flexibility index (Phi) is 4.07. The van der Waals surface area contributed by atoms with Crippen molar-refractivity contribution in [1.82, 2.24) is 4.98 Å². The molecular weight excluding hydrogens is 360 g/mol. The first-order valence-electron chi connectivity index (χ1n) is 7.33. The van der Waals surface area contributed by atoms with Crippen LogP contribution in [-0.4, -0.2) is 17.1 Å². The first-order chi connectivity index (χ1) is 11.7. The number of anilines is 1. The quantitative estimate of drug-likeness (QED) is 0.652. The van der Waals surface area contributed by atoms with Gasteiger partial charge in [0.15, 0.2) is 5.13 Å². The van der Waals surface area contributed by atoms with Crippen LogP contribution in [0, 0.1) is 6.92 Å². The maximum Gasteiger partial charge on any atom is 0.267 e. The fourth-order valence-corrected chi connectivity index (χ4v) is 5.29. The smallest absolute Gasteiger partial charge is 0.267 e. The number of hydrogen-bond acceptors (Lipinski definition) is 6.